The van der Waals surface area contributed by atoms with Crippen LogP contribution < -0.4 is 10.5 Å². The Morgan fingerprint density at radius 3 is 2.37 bits per heavy atom. The minimum atomic E-state index is 0.161. The minimum Gasteiger partial charge on any atom is -0.496 e. The molecule has 1 rings (SSSR count). The number of hydrogen-bond donors (Lipinski definition) is 2. The molecule has 3 nitrogen and oxygen atoms in total. The fourth-order valence-corrected chi connectivity index (χ4v) is 2.90. The Kier molecular flexibility index (Phi) is 5.83. The largest absolute Gasteiger partial charge is 0.496 e. The van der Waals surface area contributed by atoms with Gasteiger partial charge in [0.1, 0.15) is 5.75 Å². The van der Waals surface area contributed by atoms with Crippen LogP contribution in [0.25, 0.3) is 0 Å². The SMILES string of the molecule is COc1cc(C)c(C(C)CC(CN)CO)c(C)c1C. The zero-order chi connectivity index (χ0) is 14.6. The molecule has 0 radical (unpaired) electrons. The first kappa shape index (κ1) is 16.0. The van der Waals surface area contributed by atoms with E-state index in [1.165, 1.54) is 22.3 Å². The molecule has 0 fully saturated rings. The van der Waals surface area contributed by atoms with Gasteiger partial charge in [-0.3, -0.25) is 0 Å². The summed E-state index contributed by atoms with van der Waals surface area (Å²) >= 11 is 0. The topological polar surface area (TPSA) is 55.5 Å². The number of aliphatic hydroxyl groups excluding tert-OH is 1. The van der Waals surface area contributed by atoms with Crippen LogP contribution in [0, 0.1) is 26.7 Å². The van der Waals surface area contributed by atoms with Crippen molar-refractivity contribution in [2.45, 2.75) is 40.0 Å². The van der Waals surface area contributed by atoms with Crippen LogP contribution in [0.2, 0.25) is 0 Å². The molecule has 0 aliphatic carbocycles. The molecule has 0 saturated heterocycles. The second-order valence-corrected chi connectivity index (χ2v) is 5.48. The molecular formula is C16H27NO2. The van der Waals surface area contributed by atoms with E-state index in [9.17, 15) is 5.11 Å². The molecule has 0 spiro atoms. The van der Waals surface area contributed by atoms with E-state index < -0.39 is 0 Å². The van der Waals surface area contributed by atoms with Crippen LogP contribution in [0.3, 0.4) is 0 Å². The highest BCUT2D eigenvalue weighted by molar-refractivity contribution is 5.49. The van der Waals surface area contributed by atoms with Crippen molar-refractivity contribution in [2.75, 3.05) is 20.3 Å². The van der Waals surface area contributed by atoms with E-state index in [-0.39, 0.29) is 12.5 Å². The van der Waals surface area contributed by atoms with Gasteiger partial charge in [-0.25, -0.2) is 0 Å². The predicted octanol–water partition coefficient (Wildman–Crippen LogP) is 2.68. The molecular weight excluding hydrogens is 238 g/mol. The van der Waals surface area contributed by atoms with E-state index in [1.54, 1.807) is 7.11 Å². The molecule has 0 aliphatic heterocycles. The van der Waals surface area contributed by atoms with E-state index >= 15 is 0 Å². The van der Waals surface area contributed by atoms with Gasteiger partial charge in [0.2, 0.25) is 0 Å². The highest BCUT2D eigenvalue weighted by atomic mass is 16.5. The summed E-state index contributed by atoms with van der Waals surface area (Å²) in [4.78, 5) is 0. The zero-order valence-corrected chi connectivity index (χ0v) is 12.8. The Morgan fingerprint density at radius 2 is 1.89 bits per heavy atom. The highest BCUT2D eigenvalue weighted by Gasteiger charge is 2.19. The molecule has 0 bridgehead atoms. The van der Waals surface area contributed by atoms with Gasteiger partial charge in [0, 0.05) is 6.61 Å². The number of aliphatic hydroxyl groups is 1. The summed E-state index contributed by atoms with van der Waals surface area (Å²) in [5.41, 5.74) is 10.8. The number of nitrogens with two attached hydrogens (primary N) is 1. The Balaban J connectivity index is 3.09. The van der Waals surface area contributed by atoms with Crippen LogP contribution in [0.1, 0.15) is 41.5 Å². The van der Waals surface area contributed by atoms with Gasteiger partial charge in [-0.1, -0.05) is 6.92 Å². The third kappa shape index (κ3) is 3.48. The molecule has 1 aromatic rings. The number of hydrogen-bond acceptors (Lipinski definition) is 3. The summed E-state index contributed by atoms with van der Waals surface area (Å²) in [6.45, 7) is 9.27. The Labute approximate surface area is 116 Å². The molecule has 3 N–H and O–H groups in total. The van der Waals surface area contributed by atoms with Crippen molar-refractivity contribution in [1.29, 1.82) is 0 Å². The summed E-state index contributed by atoms with van der Waals surface area (Å²) in [6, 6.07) is 2.10. The maximum atomic E-state index is 9.30. The number of ether oxygens (including phenoxy) is 1. The van der Waals surface area contributed by atoms with Crippen LogP contribution in [0.4, 0.5) is 0 Å². The van der Waals surface area contributed by atoms with Gasteiger partial charge in [-0.05, 0) is 73.9 Å². The molecule has 19 heavy (non-hydrogen) atoms. The van der Waals surface area contributed by atoms with Crippen molar-refractivity contribution in [3.63, 3.8) is 0 Å². The first-order chi connectivity index (χ1) is 8.96. The van der Waals surface area contributed by atoms with Gasteiger partial charge in [0.15, 0.2) is 0 Å². The minimum absolute atomic E-state index is 0.161. The zero-order valence-electron chi connectivity index (χ0n) is 12.8. The molecule has 0 amide bonds. The van der Waals surface area contributed by atoms with Gasteiger partial charge >= 0.3 is 0 Å². The van der Waals surface area contributed by atoms with Gasteiger partial charge < -0.3 is 15.6 Å². The third-order valence-corrected chi connectivity index (χ3v) is 4.10. The van der Waals surface area contributed by atoms with Crippen LogP contribution in [-0.2, 0) is 0 Å². The van der Waals surface area contributed by atoms with Crippen LogP contribution in [0.5, 0.6) is 5.75 Å². The van der Waals surface area contributed by atoms with E-state index in [0.717, 1.165) is 12.2 Å². The Morgan fingerprint density at radius 1 is 1.26 bits per heavy atom. The van der Waals surface area contributed by atoms with Crippen LogP contribution >= 0.6 is 0 Å². The number of rotatable bonds is 6. The fraction of sp³-hybridized carbons (Fsp3) is 0.625. The van der Waals surface area contributed by atoms with E-state index in [4.69, 9.17) is 10.5 Å². The molecule has 0 aromatic heterocycles. The smallest absolute Gasteiger partial charge is 0.122 e. The Hall–Kier alpha value is -1.06. The molecule has 0 heterocycles. The maximum absolute atomic E-state index is 9.30. The number of methoxy groups -OCH3 is 1. The normalized spacial score (nSPS) is 14.3. The van der Waals surface area contributed by atoms with Crippen molar-refractivity contribution in [1.82, 2.24) is 0 Å². The summed E-state index contributed by atoms with van der Waals surface area (Å²) in [5, 5.41) is 9.30. The van der Waals surface area contributed by atoms with Gasteiger partial charge in [-0.15, -0.1) is 0 Å². The molecule has 0 saturated carbocycles. The molecule has 2 atom stereocenters. The highest BCUT2D eigenvalue weighted by Crippen LogP contribution is 2.34. The third-order valence-electron chi connectivity index (χ3n) is 4.10. The molecule has 0 aliphatic rings. The maximum Gasteiger partial charge on any atom is 0.122 e. The summed E-state index contributed by atoms with van der Waals surface area (Å²) in [5.74, 6) is 1.52. The lowest BCUT2D eigenvalue weighted by molar-refractivity contribution is 0.217. The van der Waals surface area contributed by atoms with E-state index in [0.29, 0.717) is 12.5 Å². The fourth-order valence-electron chi connectivity index (χ4n) is 2.90. The average molecular weight is 265 g/mol. The van der Waals surface area contributed by atoms with Crippen molar-refractivity contribution in [3.05, 3.63) is 28.3 Å². The van der Waals surface area contributed by atoms with Crippen LogP contribution in [-0.4, -0.2) is 25.4 Å². The van der Waals surface area contributed by atoms with Crippen molar-refractivity contribution < 1.29 is 9.84 Å². The Bertz CT molecular complexity index is 425. The quantitative estimate of drug-likeness (QED) is 0.831. The lowest BCUT2D eigenvalue weighted by atomic mass is 9.84. The lowest BCUT2D eigenvalue weighted by Crippen LogP contribution is -2.20. The standard InChI is InChI=1S/C16H27NO2/c1-10(6-14(8-17)9-18)16-11(2)7-15(19-5)12(3)13(16)4/h7,10,14,18H,6,8-9,17H2,1-5H3. The van der Waals surface area contributed by atoms with Crippen molar-refractivity contribution >= 4 is 0 Å². The van der Waals surface area contributed by atoms with Gasteiger partial charge in [-0.2, -0.15) is 0 Å². The molecule has 2 unspecified atom stereocenters. The molecule has 3 heteroatoms. The molecule has 1 aromatic carbocycles. The summed E-state index contributed by atoms with van der Waals surface area (Å²) < 4.78 is 5.40. The van der Waals surface area contributed by atoms with Crippen molar-refractivity contribution in [3.8, 4) is 5.75 Å². The predicted molar refractivity (Wildman–Crippen MR) is 79.9 cm³/mol. The monoisotopic (exact) mass is 265 g/mol. The summed E-state index contributed by atoms with van der Waals surface area (Å²) in [6.07, 6.45) is 0.917. The van der Waals surface area contributed by atoms with Crippen LogP contribution in [0.15, 0.2) is 6.07 Å². The molecule has 108 valence electrons. The first-order valence-electron chi connectivity index (χ1n) is 6.91. The van der Waals surface area contributed by atoms with E-state index in [1.807, 2.05) is 0 Å². The second kappa shape index (κ2) is 6.92. The van der Waals surface area contributed by atoms with Gasteiger partial charge in [0.25, 0.3) is 0 Å². The van der Waals surface area contributed by atoms with Crippen molar-refractivity contribution in [2.24, 2.45) is 11.7 Å². The van der Waals surface area contributed by atoms with Gasteiger partial charge in [0.05, 0.1) is 7.11 Å². The lowest BCUT2D eigenvalue weighted by Gasteiger charge is -2.23. The summed E-state index contributed by atoms with van der Waals surface area (Å²) in [7, 11) is 1.71. The first-order valence-corrected chi connectivity index (χ1v) is 6.91. The number of aryl methyl sites for hydroxylation is 1. The number of benzene rings is 1. The second-order valence-electron chi connectivity index (χ2n) is 5.48. The average Bonchev–Trinajstić information content (AvgIpc) is 2.40. The van der Waals surface area contributed by atoms with E-state index in [2.05, 4.69) is 33.8 Å².